The van der Waals surface area contributed by atoms with Crippen molar-refractivity contribution < 1.29 is 13.9 Å². The Kier molecular flexibility index (Phi) is 4.76. The normalized spacial score (nSPS) is 10.6. The first-order valence-electron chi connectivity index (χ1n) is 7.24. The zero-order valence-electron chi connectivity index (χ0n) is 12.8. The summed E-state index contributed by atoms with van der Waals surface area (Å²) in [4.78, 5) is 16.6. The third kappa shape index (κ3) is 3.23. The number of hydrogen-bond donors (Lipinski definition) is 1. The smallest absolute Gasteiger partial charge is 0.270 e. The molecule has 0 bridgehead atoms. The van der Waals surface area contributed by atoms with Gasteiger partial charge in [-0.2, -0.15) is 0 Å². The molecule has 6 heteroatoms. The molecule has 122 valence electrons. The summed E-state index contributed by atoms with van der Waals surface area (Å²) in [5.41, 5.74) is 1.03. The number of hydrogen-bond acceptors (Lipinski definition) is 3. The Hall–Kier alpha value is -2.47. The summed E-state index contributed by atoms with van der Waals surface area (Å²) in [6.07, 6.45) is 1.53. The minimum Gasteiger partial charge on any atom is -0.496 e. The van der Waals surface area contributed by atoms with Gasteiger partial charge >= 0.3 is 0 Å². The highest BCUT2D eigenvalue weighted by molar-refractivity contribution is 9.10. The summed E-state index contributed by atoms with van der Waals surface area (Å²) >= 11 is 3.31. The Morgan fingerprint density at radius 1 is 1.25 bits per heavy atom. The van der Waals surface area contributed by atoms with Crippen LogP contribution in [0.25, 0.3) is 10.8 Å². The second-order valence-corrected chi connectivity index (χ2v) is 5.99. The average Bonchev–Trinajstić information content (AvgIpc) is 2.59. The molecule has 4 nitrogen and oxygen atoms in total. The van der Waals surface area contributed by atoms with E-state index in [0.717, 1.165) is 10.9 Å². The molecule has 0 unspecified atom stereocenters. The van der Waals surface area contributed by atoms with Crippen LogP contribution in [0.1, 0.15) is 16.1 Å². The van der Waals surface area contributed by atoms with E-state index in [9.17, 15) is 9.18 Å². The largest absolute Gasteiger partial charge is 0.496 e. The predicted molar refractivity (Wildman–Crippen MR) is 93.6 cm³/mol. The molecular formula is C18H14BrFN2O2. The average molecular weight is 389 g/mol. The number of halogens is 2. The van der Waals surface area contributed by atoms with E-state index >= 15 is 0 Å². The van der Waals surface area contributed by atoms with Crippen molar-refractivity contribution in [1.82, 2.24) is 10.3 Å². The molecule has 0 radical (unpaired) electrons. The summed E-state index contributed by atoms with van der Waals surface area (Å²) in [5, 5.41) is 3.99. The van der Waals surface area contributed by atoms with Crippen molar-refractivity contribution in [3.63, 3.8) is 0 Å². The fourth-order valence-electron chi connectivity index (χ4n) is 2.50. The van der Waals surface area contributed by atoms with Gasteiger partial charge in [0.25, 0.3) is 5.91 Å². The van der Waals surface area contributed by atoms with E-state index in [1.165, 1.54) is 18.3 Å². The number of methoxy groups -OCH3 is 1. The van der Waals surface area contributed by atoms with E-state index in [2.05, 4.69) is 26.2 Å². The Morgan fingerprint density at radius 3 is 2.83 bits per heavy atom. The number of pyridine rings is 1. The standard InChI is InChI=1S/C18H14BrFN2O2/c1-24-16-5-3-2-4-11(16)10-22-18(23)17-14-8-12(20)9-15(19)13(14)6-7-21-17/h2-9H,10H2,1H3,(H,22,23). The number of carbonyl (C=O) groups is 1. The highest BCUT2D eigenvalue weighted by Crippen LogP contribution is 2.27. The highest BCUT2D eigenvalue weighted by atomic mass is 79.9. The van der Waals surface area contributed by atoms with Crippen LogP contribution in [-0.4, -0.2) is 18.0 Å². The van der Waals surface area contributed by atoms with Crippen molar-refractivity contribution in [2.75, 3.05) is 7.11 Å². The fourth-order valence-corrected chi connectivity index (χ4v) is 3.06. The van der Waals surface area contributed by atoms with Gasteiger partial charge in [-0.3, -0.25) is 9.78 Å². The van der Waals surface area contributed by atoms with Crippen molar-refractivity contribution in [1.29, 1.82) is 0 Å². The number of fused-ring (bicyclic) bond motifs is 1. The van der Waals surface area contributed by atoms with Crippen LogP contribution in [0.3, 0.4) is 0 Å². The van der Waals surface area contributed by atoms with E-state index in [-0.39, 0.29) is 18.1 Å². The summed E-state index contributed by atoms with van der Waals surface area (Å²) in [5.74, 6) is -0.109. The number of nitrogens with zero attached hydrogens (tertiary/aromatic N) is 1. The van der Waals surface area contributed by atoms with Crippen molar-refractivity contribution in [3.8, 4) is 5.75 Å². The van der Waals surface area contributed by atoms with Gasteiger partial charge in [-0.15, -0.1) is 0 Å². The molecule has 1 aromatic heterocycles. The lowest BCUT2D eigenvalue weighted by atomic mass is 10.1. The Morgan fingerprint density at radius 2 is 2.04 bits per heavy atom. The molecule has 0 aliphatic carbocycles. The fraction of sp³-hybridized carbons (Fsp3) is 0.111. The lowest BCUT2D eigenvalue weighted by molar-refractivity contribution is 0.0947. The zero-order chi connectivity index (χ0) is 17.1. The van der Waals surface area contributed by atoms with Crippen LogP contribution in [0.4, 0.5) is 4.39 Å². The lowest BCUT2D eigenvalue weighted by Crippen LogP contribution is -2.24. The minimum atomic E-state index is -0.429. The second kappa shape index (κ2) is 6.97. The van der Waals surface area contributed by atoms with Crippen LogP contribution < -0.4 is 10.1 Å². The van der Waals surface area contributed by atoms with Crippen LogP contribution in [0.15, 0.2) is 53.1 Å². The number of rotatable bonds is 4. The third-order valence-corrected chi connectivity index (χ3v) is 4.30. The first kappa shape index (κ1) is 16.4. The molecule has 2 aromatic carbocycles. The molecule has 0 fully saturated rings. The molecule has 1 N–H and O–H groups in total. The van der Waals surface area contributed by atoms with Crippen LogP contribution in [0, 0.1) is 5.82 Å². The molecule has 1 amide bonds. The molecule has 0 spiro atoms. The van der Waals surface area contributed by atoms with Crippen LogP contribution >= 0.6 is 15.9 Å². The highest BCUT2D eigenvalue weighted by Gasteiger charge is 2.14. The lowest BCUT2D eigenvalue weighted by Gasteiger charge is -2.11. The van der Waals surface area contributed by atoms with Gasteiger partial charge in [-0.1, -0.05) is 34.1 Å². The second-order valence-electron chi connectivity index (χ2n) is 5.14. The Labute approximate surface area is 146 Å². The van der Waals surface area contributed by atoms with E-state index in [0.29, 0.717) is 15.6 Å². The van der Waals surface area contributed by atoms with Crippen LogP contribution in [0.2, 0.25) is 0 Å². The molecule has 0 aliphatic heterocycles. The SMILES string of the molecule is COc1ccccc1CNC(=O)c1nccc2c(Br)cc(F)cc12. The Balaban J connectivity index is 1.89. The van der Waals surface area contributed by atoms with Crippen molar-refractivity contribution >= 4 is 32.6 Å². The predicted octanol–water partition coefficient (Wildman–Crippen LogP) is 4.08. The maximum atomic E-state index is 13.7. The van der Waals surface area contributed by atoms with Gasteiger partial charge in [-0.05, 0) is 29.7 Å². The van der Waals surface area contributed by atoms with Crippen molar-refractivity contribution in [3.05, 3.63) is 70.2 Å². The number of amides is 1. The summed E-state index contributed by atoms with van der Waals surface area (Å²) in [6.45, 7) is 0.289. The quantitative estimate of drug-likeness (QED) is 0.732. The number of para-hydroxylation sites is 1. The number of benzene rings is 2. The summed E-state index contributed by atoms with van der Waals surface area (Å²) in [6, 6.07) is 11.8. The molecule has 3 rings (SSSR count). The summed E-state index contributed by atoms with van der Waals surface area (Å²) < 4.78 is 19.5. The van der Waals surface area contributed by atoms with Gasteiger partial charge in [0.05, 0.1) is 7.11 Å². The molecule has 0 aliphatic rings. The van der Waals surface area contributed by atoms with Gasteiger partial charge in [0.1, 0.15) is 17.3 Å². The number of carbonyl (C=O) groups excluding carboxylic acids is 1. The number of aromatic nitrogens is 1. The maximum absolute atomic E-state index is 13.7. The van der Waals surface area contributed by atoms with E-state index in [1.807, 2.05) is 24.3 Å². The molecule has 0 saturated heterocycles. The van der Waals surface area contributed by atoms with Crippen LogP contribution in [-0.2, 0) is 6.54 Å². The first-order chi connectivity index (χ1) is 11.6. The molecule has 1 heterocycles. The van der Waals surface area contributed by atoms with Crippen molar-refractivity contribution in [2.24, 2.45) is 0 Å². The van der Waals surface area contributed by atoms with Crippen molar-refractivity contribution in [2.45, 2.75) is 6.54 Å². The van der Waals surface area contributed by atoms with E-state index in [4.69, 9.17) is 4.74 Å². The molecule has 24 heavy (non-hydrogen) atoms. The topological polar surface area (TPSA) is 51.2 Å². The molecule has 3 aromatic rings. The minimum absolute atomic E-state index is 0.183. The third-order valence-electron chi connectivity index (χ3n) is 3.64. The van der Waals surface area contributed by atoms with Gasteiger partial charge in [0, 0.05) is 28.2 Å². The van der Waals surface area contributed by atoms with E-state index in [1.54, 1.807) is 13.2 Å². The van der Waals surface area contributed by atoms with Gasteiger partial charge in [0.2, 0.25) is 0 Å². The number of nitrogens with one attached hydrogen (secondary N) is 1. The summed E-state index contributed by atoms with van der Waals surface area (Å²) in [7, 11) is 1.58. The molecule has 0 saturated carbocycles. The molecule has 0 atom stereocenters. The molecular weight excluding hydrogens is 375 g/mol. The van der Waals surface area contributed by atoms with Gasteiger partial charge < -0.3 is 10.1 Å². The maximum Gasteiger partial charge on any atom is 0.270 e. The van der Waals surface area contributed by atoms with Gasteiger partial charge in [0.15, 0.2) is 0 Å². The van der Waals surface area contributed by atoms with Gasteiger partial charge in [-0.25, -0.2) is 4.39 Å². The first-order valence-corrected chi connectivity index (χ1v) is 8.03. The zero-order valence-corrected chi connectivity index (χ0v) is 14.4. The monoisotopic (exact) mass is 388 g/mol. The van der Waals surface area contributed by atoms with E-state index < -0.39 is 5.82 Å². The number of ether oxygens (including phenoxy) is 1. The van der Waals surface area contributed by atoms with Crippen LogP contribution in [0.5, 0.6) is 5.75 Å². The Bertz CT molecular complexity index is 915.